The Morgan fingerprint density at radius 1 is 0.920 bits per heavy atom. The molecule has 0 atom stereocenters. The van der Waals surface area contributed by atoms with Crippen LogP contribution in [0.4, 0.5) is 10.5 Å². The zero-order valence-corrected chi connectivity index (χ0v) is 14.6. The van der Waals surface area contributed by atoms with E-state index in [1.165, 1.54) is 6.08 Å². The topological polar surface area (TPSA) is 66.5 Å². The second-order valence-corrected chi connectivity index (χ2v) is 6.14. The van der Waals surface area contributed by atoms with E-state index in [9.17, 15) is 14.4 Å². The van der Waals surface area contributed by atoms with Crippen LogP contribution in [0.15, 0.2) is 76.8 Å². The first-order chi connectivity index (χ1) is 12.1. The summed E-state index contributed by atoms with van der Waals surface area (Å²) < 4.78 is 0.818. The lowest BCUT2D eigenvalue weighted by Gasteiger charge is -2.26. The average Bonchev–Trinajstić information content (AvgIpc) is 2.60. The van der Waals surface area contributed by atoms with Gasteiger partial charge in [0.05, 0.1) is 5.69 Å². The van der Waals surface area contributed by atoms with Crippen LogP contribution in [0.5, 0.6) is 0 Å². The van der Waals surface area contributed by atoms with Crippen LogP contribution in [0.25, 0.3) is 6.08 Å². The number of hydrogen-bond donors (Lipinski definition) is 1. The summed E-state index contributed by atoms with van der Waals surface area (Å²) in [6, 6.07) is 15.4. The number of imide groups is 2. The Morgan fingerprint density at radius 2 is 1.60 bits per heavy atom. The molecule has 0 spiro atoms. The minimum Gasteiger partial charge on any atom is -0.273 e. The molecule has 2 aromatic rings. The highest BCUT2D eigenvalue weighted by atomic mass is 79.9. The van der Waals surface area contributed by atoms with Crippen molar-refractivity contribution in [1.82, 2.24) is 5.32 Å². The van der Waals surface area contributed by atoms with E-state index in [2.05, 4.69) is 21.2 Å². The third-order valence-corrected chi connectivity index (χ3v) is 4.07. The third-order valence-electron chi connectivity index (χ3n) is 3.54. The number of halogens is 1. The monoisotopic (exact) mass is 396 g/mol. The molecule has 2 aromatic carbocycles. The van der Waals surface area contributed by atoms with Gasteiger partial charge < -0.3 is 0 Å². The number of nitrogens with one attached hydrogen (secondary N) is 1. The molecule has 5 nitrogen and oxygen atoms in total. The molecule has 1 N–H and O–H groups in total. The van der Waals surface area contributed by atoms with Crippen LogP contribution in [0.2, 0.25) is 0 Å². The summed E-state index contributed by atoms with van der Waals surface area (Å²) in [6.07, 6.45) is 4.79. The van der Waals surface area contributed by atoms with Crippen LogP contribution in [0.1, 0.15) is 5.56 Å². The molecule has 0 saturated carbocycles. The second kappa shape index (κ2) is 7.27. The maximum Gasteiger partial charge on any atom is 0.335 e. The molecule has 25 heavy (non-hydrogen) atoms. The molecule has 1 saturated heterocycles. The lowest BCUT2D eigenvalue weighted by Crippen LogP contribution is -2.54. The van der Waals surface area contributed by atoms with Crippen LogP contribution in [0.3, 0.4) is 0 Å². The molecule has 4 amide bonds. The van der Waals surface area contributed by atoms with Crippen molar-refractivity contribution in [1.29, 1.82) is 0 Å². The SMILES string of the molecule is O=C1NC(=O)N(c2ccc(Br)cc2)C(=O)/C1=C/C=C/c1ccccc1. The van der Waals surface area contributed by atoms with Crippen LogP contribution in [-0.2, 0) is 9.59 Å². The van der Waals surface area contributed by atoms with Crippen LogP contribution < -0.4 is 10.2 Å². The summed E-state index contributed by atoms with van der Waals surface area (Å²) in [5.41, 5.74) is 1.22. The smallest absolute Gasteiger partial charge is 0.273 e. The van der Waals surface area contributed by atoms with Gasteiger partial charge >= 0.3 is 6.03 Å². The van der Waals surface area contributed by atoms with Crippen molar-refractivity contribution in [3.63, 3.8) is 0 Å². The fourth-order valence-electron chi connectivity index (χ4n) is 2.32. The molecule has 0 aliphatic carbocycles. The average molecular weight is 397 g/mol. The Balaban J connectivity index is 1.88. The molecule has 0 unspecified atom stereocenters. The highest BCUT2D eigenvalue weighted by Crippen LogP contribution is 2.22. The van der Waals surface area contributed by atoms with E-state index < -0.39 is 17.8 Å². The maximum absolute atomic E-state index is 12.6. The Morgan fingerprint density at radius 3 is 2.28 bits per heavy atom. The molecule has 1 heterocycles. The number of barbiturate groups is 1. The Hall–Kier alpha value is -2.99. The number of hydrogen-bond acceptors (Lipinski definition) is 3. The quantitative estimate of drug-likeness (QED) is 0.635. The zero-order valence-electron chi connectivity index (χ0n) is 13.0. The summed E-state index contributed by atoms with van der Waals surface area (Å²) in [4.78, 5) is 37.6. The van der Waals surface area contributed by atoms with E-state index in [0.717, 1.165) is 14.9 Å². The Kier molecular flexibility index (Phi) is 4.90. The largest absolute Gasteiger partial charge is 0.335 e. The molecule has 3 rings (SSSR count). The van der Waals surface area contributed by atoms with Gasteiger partial charge in [0.25, 0.3) is 11.8 Å². The molecule has 0 aromatic heterocycles. The summed E-state index contributed by atoms with van der Waals surface area (Å²) in [7, 11) is 0. The highest BCUT2D eigenvalue weighted by molar-refractivity contribution is 9.10. The van der Waals surface area contributed by atoms with Crippen molar-refractivity contribution < 1.29 is 14.4 Å². The predicted octanol–water partition coefficient (Wildman–Crippen LogP) is 3.67. The minimum absolute atomic E-state index is 0.102. The van der Waals surface area contributed by atoms with E-state index in [1.807, 2.05) is 30.3 Å². The van der Waals surface area contributed by atoms with E-state index in [4.69, 9.17) is 0 Å². The fraction of sp³-hybridized carbons (Fsp3) is 0. The zero-order chi connectivity index (χ0) is 17.8. The molecule has 6 heteroatoms. The van der Waals surface area contributed by atoms with Crippen LogP contribution >= 0.6 is 15.9 Å². The van der Waals surface area contributed by atoms with E-state index in [-0.39, 0.29) is 5.57 Å². The summed E-state index contributed by atoms with van der Waals surface area (Å²) >= 11 is 3.30. The van der Waals surface area contributed by atoms with E-state index in [0.29, 0.717) is 5.69 Å². The highest BCUT2D eigenvalue weighted by Gasteiger charge is 2.36. The van der Waals surface area contributed by atoms with Gasteiger partial charge in [0.2, 0.25) is 0 Å². The van der Waals surface area contributed by atoms with Gasteiger partial charge in [-0.3, -0.25) is 14.9 Å². The molecule has 0 radical (unpaired) electrons. The molecule has 1 fully saturated rings. The number of rotatable bonds is 3. The summed E-state index contributed by atoms with van der Waals surface area (Å²) in [6.45, 7) is 0. The summed E-state index contributed by atoms with van der Waals surface area (Å²) in [5, 5.41) is 2.18. The number of benzene rings is 2. The maximum atomic E-state index is 12.6. The van der Waals surface area contributed by atoms with E-state index >= 15 is 0 Å². The Bertz CT molecular complexity index is 887. The molecular weight excluding hydrogens is 384 g/mol. The lowest BCUT2D eigenvalue weighted by molar-refractivity contribution is -0.122. The lowest BCUT2D eigenvalue weighted by atomic mass is 10.1. The van der Waals surface area contributed by atoms with E-state index in [1.54, 1.807) is 36.4 Å². The predicted molar refractivity (Wildman–Crippen MR) is 98.7 cm³/mol. The number of carbonyl (C=O) groups is 3. The van der Waals surface area contributed by atoms with Gasteiger partial charge in [0.15, 0.2) is 0 Å². The fourth-order valence-corrected chi connectivity index (χ4v) is 2.59. The molecule has 0 bridgehead atoms. The standard InChI is InChI=1S/C19H13BrN2O3/c20-14-9-11-15(12-10-14)22-18(24)16(17(23)21-19(22)25)8-4-7-13-5-2-1-3-6-13/h1-12H,(H,21,23,25)/b7-4+,16-8+. The number of allylic oxidation sites excluding steroid dienone is 2. The normalized spacial score (nSPS) is 16.6. The second-order valence-electron chi connectivity index (χ2n) is 5.23. The first kappa shape index (κ1) is 16.9. The Labute approximate surface area is 152 Å². The van der Waals surface area contributed by atoms with Crippen molar-refractivity contribution >= 4 is 45.5 Å². The minimum atomic E-state index is -0.762. The number of anilines is 1. The third kappa shape index (κ3) is 3.75. The number of carbonyl (C=O) groups excluding carboxylic acids is 3. The first-order valence-corrected chi connectivity index (χ1v) is 8.24. The van der Waals surface area contributed by atoms with Crippen molar-refractivity contribution in [2.24, 2.45) is 0 Å². The van der Waals surface area contributed by atoms with Gasteiger partial charge in [0, 0.05) is 4.47 Å². The van der Waals surface area contributed by atoms with Crippen molar-refractivity contribution in [3.8, 4) is 0 Å². The number of urea groups is 1. The van der Waals surface area contributed by atoms with Crippen molar-refractivity contribution in [3.05, 3.63) is 82.4 Å². The van der Waals surface area contributed by atoms with Gasteiger partial charge in [-0.15, -0.1) is 0 Å². The van der Waals surface area contributed by atoms with Gasteiger partial charge in [-0.05, 0) is 35.9 Å². The number of nitrogens with zero attached hydrogens (tertiary/aromatic N) is 1. The molecule has 1 aliphatic heterocycles. The van der Waals surface area contributed by atoms with Crippen LogP contribution in [-0.4, -0.2) is 17.8 Å². The first-order valence-electron chi connectivity index (χ1n) is 7.45. The molecule has 1 aliphatic rings. The summed E-state index contributed by atoms with van der Waals surface area (Å²) in [5.74, 6) is -1.37. The van der Waals surface area contributed by atoms with Crippen LogP contribution in [0, 0.1) is 0 Å². The van der Waals surface area contributed by atoms with Gasteiger partial charge in [-0.25, -0.2) is 9.69 Å². The van der Waals surface area contributed by atoms with Gasteiger partial charge in [-0.1, -0.05) is 58.4 Å². The van der Waals surface area contributed by atoms with Crippen molar-refractivity contribution in [2.75, 3.05) is 4.90 Å². The molecular formula is C19H13BrN2O3. The van der Waals surface area contributed by atoms with Gasteiger partial charge in [0.1, 0.15) is 5.57 Å². The van der Waals surface area contributed by atoms with Gasteiger partial charge in [-0.2, -0.15) is 0 Å². The van der Waals surface area contributed by atoms with Crippen molar-refractivity contribution in [2.45, 2.75) is 0 Å². The molecule has 124 valence electrons. The number of amides is 4.